The number of morpholine rings is 1. The molecule has 25 heavy (non-hydrogen) atoms. The molecule has 7 heteroatoms. The van der Waals surface area contributed by atoms with E-state index in [9.17, 15) is 9.18 Å². The number of amides is 2. The number of hydrogen-bond donors (Lipinski definition) is 1. The van der Waals surface area contributed by atoms with Crippen LogP contribution in [-0.2, 0) is 4.74 Å². The number of aromatic nitrogens is 1. The zero-order valence-electron chi connectivity index (χ0n) is 14.8. The quantitative estimate of drug-likeness (QED) is 0.897. The van der Waals surface area contributed by atoms with E-state index in [-0.39, 0.29) is 12.1 Å². The summed E-state index contributed by atoms with van der Waals surface area (Å²) < 4.78 is 24.9. The molecule has 1 aromatic heterocycles. The molecule has 0 saturated carbocycles. The molecule has 0 spiro atoms. The summed E-state index contributed by atoms with van der Waals surface area (Å²) in [4.78, 5) is 14.3. The first-order valence-corrected chi connectivity index (χ1v) is 8.24. The number of nitrogens with one attached hydrogen (secondary N) is 1. The van der Waals surface area contributed by atoms with E-state index in [1.165, 1.54) is 6.07 Å². The standard InChI is InChI=1S/C18H22FN3O3/c1-11-15(13-7-5-6-8-14(13)19)25-21-16(11)20-17(23)22-9-10-24-18(3,4)12(22)2/h5-8,12H,9-10H2,1-4H3,(H,20,21,23). The number of hydrogen-bond acceptors (Lipinski definition) is 4. The Hall–Kier alpha value is -2.41. The van der Waals surface area contributed by atoms with Crippen LogP contribution in [0.2, 0.25) is 0 Å². The highest BCUT2D eigenvalue weighted by Gasteiger charge is 2.38. The Bertz CT molecular complexity index is 788. The lowest BCUT2D eigenvalue weighted by Crippen LogP contribution is -2.58. The van der Waals surface area contributed by atoms with Gasteiger partial charge in [-0.2, -0.15) is 0 Å². The van der Waals surface area contributed by atoms with Crippen molar-refractivity contribution in [3.63, 3.8) is 0 Å². The number of halogens is 1. The summed E-state index contributed by atoms with van der Waals surface area (Å²) in [6.07, 6.45) is 0. The van der Waals surface area contributed by atoms with Crippen LogP contribution in [0.15, 0.2) is 28.8 Å². The minimum atomic E-state index is -0.424. The van der Waals surface area contributed by atoms with Crippen LogP contribution in [-0.4, -0.2) is 40.9 Å². The largest absolute Gasteiger partial charge is 0.372 e. The summed E-state index contributed by atoms with van der Waals surface area (Å²) >= 11 is 0. The van der Waals surface area contributed by atoms with Crippen molar-refractivity contribution < 1.29 is 18.4 Å². The minimum Gasteiger partial charge on any atom is -0.372 e. The minimum absolute atomic E-state index is 0.0977. The molecule has 0 bridgehead atoms. The van der Waals surface area contributed by atoms with Crippen molar-refractivity contribution in [3.8, 4) is 11.3 Å². The van der Waals surface area contributed by atoms with Crippen LogP contribution in [0.3, 0.4) is 0 Å². The zero-order valence-corrected chi connectivity index (χ0v) is 14.8. The number of nitrogens with zero attached hydrogens (tertiary/aromatic N) is 2. The molecule has 6 nitrogen and oxygen atoms in total. The normalized spacial score (nSPS) is 19.7. The molecular weight excluding hydrogens is 325 g/mol. The van der Waals surface area contributed by atoms with Gasteiger partial charge in [0.05, 0.1) is 23.8 Å². The Kier molecular flexibility index (Phi) is 4.51. The maximum Gasteiger partial charge on any atom is 0.323 e. The van der Waals surface area contributed by atoms with Crippen molar-refractivity contribution in [2.24, 2.45) is 0 Å². The van der Waals surface area contributed by atoms with Gasteiger partial charge in [-0.05, 0) is 39.8 Å². The molecule has 2 amide bonds. The lowest BCUT2D eigenvalue weighted by molar-refractivity contribution is -0.105. The molecule has 1 N–H and O–H groups in total. The van der Waals surface area contributed by atoms with E-state index in [1.54, 1.807) is 30.0 Å². The fourth-order valence-corrected chi connectivity index (χ4v) is 2.90. The second kappa shape index (κ2) is 6.48. The molecule has 3 rings (SSSR count). The van der Waals surface area contributed by atoms with Gasteiger partial charge in [0.2, 0.25) is 0 Å². The van der Waals surface area contributed by atoms with Crippen LogP contribution in [0.5, 0.6) is 0 Å². The molecule has 134 valence electrons. The first-order valence-electron chi connectivity index (χ1n) is 8.24. The summed E-state index contributed by atoms with van der Waals surface area (Å²) in [7, 11) is 0. The van der Waals surface area contributed by atoms with Gasteiger partial charge < -0.3 is 14.2 Å². The molecule has 1 aliphatic rings. The number of ether oxygens (including phenoxy) is 1. The van der Waals surface area contributed by atoms with Crippen molar-refractivity contribution in [2.45, 2.75) is 39.3 Å². The molecule has 1 fully saturated rings. The number of carbonyl (C=O) groups excluding carboxylic acids is 1. The second-order valence-electron chi connectivity index (χ2n) is 6.72. The van der Waals surface area contributed by atoms with Crippen LogP contribution < -0.4 is 5.32 Å². The maximum absolute atomic E-state index is 14.0. The van der Waals surface area contributed by atoms with E-state index in [2.05, 4.69) is 10.5 Å². The van der Waals surface area contributed by atoms with Gasteiger partial charge in [0, 0.05) is 12.1 Å². The van der Waals surface area contributed by atoms with Gasteiger partial charge in [0.15, 0.2) is 11.6 Å². The van der Waals surface area contributed by atoms with Gasteiger partial charge in [-0.15, -0.1) is 0 Å². The maximum atomic E-state index is 14.0. The fraction of sp³-hybridized carbons (Fsp3) is 0.444. The smallest absolute Gasteiger partial charge is 0.323 e. The molecule has 2 heterocycles. The summed E-state index contributed by atoms with van der Waals surface area (Å²) in [6, 6.07) is 5.92. The zero-order chi connectivity index (χ0) is 18.2. The molecule has 0 aliphatic carbocycles. The van der Waals surface area contributed by atoms with E-state index >= 15 is 0 Å². The molecule has 1 aliphatic heterocycles. The Balaban J connectivity index is 1.80. The Labute approximate surface area is 145 Å². The van der Waals surface area contributed by atoms with Crippen LogP contribution in [0.1, 0.15) is 26.3 Å². The van der Waals surface area contributed by atoms with Crippen LogP contribution in [0.25, 0.3) is 11.3 Å². The third kappa shape index (κ3) is 3.24. The Morgan fingerprint density at radius 3 is 2.84 bits per heavy atom. The average Bonchev–Trinajstić information content (AvgIpc) is 2.91. The third-order valence-electron chi connectivity index (χ3n) is 4.81. The lowest BCUT2D eigenvalue weighted by atomic mass is 9.97. The highest BCUT2D eigenvalue weighted by molar-refractivity contribution is 5.90. The number of urea groups is 1. The second-order valence-corrected chi connectivity index (χ2v) is 6.72. The highest BCUT2D eigenvalue weighted by atomic mass is 19.1. The molecule has 2 aromatic rings. The predicted octanol–water partition coefficient (Wildman–Crippen LogP) is 3.82. The summed E-state index contributed by atoms with van der Waals surface area (Å²) in [6.45, 7) is 8.56. The van der Waals surface area contributed by atoms with Gasteiger partial charge in [-0.25, -0.2) is 9.18 Å². The average molecular weight is 347 g/mol. The highest BCUT2D eigenvalue weighted by Crippen LogP contribution is 2.31. The van der Waals surface area contributed by atoms with Crippen molar-refractivity contribution >= 4 is 11.8 Å². The third-order valence-corrected chi connectivity index (χ3v) is 4.81. The summed E-state index contributed by atoms with van der Waals surface area (Å²) in [5, 5.41) is 6.66. The number of carbonyl (C=O) groups is 1. The topological polar surface area (TPSA) is 67.6 Å². The first kappa shape index (κ1) is 17.4. The number of benzene rings is 1. The van der Waals surface area contributed by atoms with E-state index < -0.39 is 11.4 Å². The van der Waals surface area contributed by atoms with Crippen molar-refractivity contribution in [1.82, 2.24) is 10.1 Å². The van der Waals surface area contributed by atoms with E-state index in [0.717, 1.165) is 0 Å². The van der Waals surface area contributed by atoms with E-state index in [0.29, 0.717) is 35.9 Å². The van der Waals surface area contributed by atoms with Gasteiger partial charge in [0.1, 0.15) is 5.82 Å². The monoisotopic (exact) mass is 347 g/mol. The van der Waals surface area contributed by atoms with Gasteiger partial charge >= 0.3 is 6.03 Å². The molecule has 0 radical (unpaired) electrons. The van der Waals surface area contributed by atoms with Crippen molar-refractivity contribution in [2.75, 3.05) is 18.5 Å². The van der Waals surface area contributed by atoms with Gasteiger partial charge in [0.25, 0.3) is 0 Å². The van der Waals surface area contributed by atoms with Crippen molar-refractivity contribution in [1.29, 1.82) is 0 Å². The molecular formula is C18H22FN3O3. The lowest BCUT2D eigenvalue weighted by Gasteiger charge is -2.44. The van der Waals surface area contributed by atoms with Gasteiger partial charge in [-0.3, -0.25) is 5.32 Å². The van der Waals surface area contributed by atoms with Crippen LogP contribution in [0, 0.1) is 12.7 Å². The Morgan fingerprint density at radius 2 is 2.12 bits per heavy atom. The van der Waals surface area contributed by atoms with Crippen LogP contribution >= 0.6 is 0 Å². The SMILES string of the molecule is Cc1c(NC(=O)N2CCOC(C)(C)C2C)noc1-c1ccccc1F. The van der Waals surface area contributed by atoms with Gasteiger partial charge in [-0.1, -0.05) is 17.3 Å². The molecule has 1 aromatic carbocycles. The summed E-state index contributed by atoms with van der Waals surface area (Å²) in [5.74, 6) is 0.201. The number of anilines is 1. The first-order chi connectivity index (χ1) is 11.8. The molecule has 1 saturated heterocycles. The predicted molar refractivity (Wildman–Crippen MR) is 91.9 cm³/mol. The Morgan fingerprint density at radius 1 is 1.40 bits per heavy atom. The summed E-state index contributed by atoms with van der Waals surface area (Å²) in [5.41, 5.74) is 0.472. The fourth-order valence-electron chi connectivity index (χ4n) is 2.90. The van der Waals surface area contributed by atoms with E-state index in [1.807, 2.05) is 20.8 Å². The number of rotatable bonds is 2. The molecule has 1 unspecified atom stereocenters. The van der Waals surface area contributed by atoms with Crippen molar-refractivity contribution in [3.05, 3.63) is 35.6 Å². The molecule has 1 atom stereocenters. The van der Waals surface area contributed by atoms with Crippen LogP contribution in [0.4, 0.5) is 15.0 Å². The van der Waals surface area contributed by atoms with E-state index in [4.69, 9.17) is 9.26 Å².